The second-order valence-corrected chi connectivity index (χ2v) is 7.24. The topological polar surface area (TPSA) is 49.4 Å². The predicted octanol–water partition coefficient (Wildman–Crippen LogP) is 1.38. The first-order valence-corrected chi connectivity index (χ1v) is 7.62. The van der Waals surface area contributed by atoms with Gasteiger partial charge in [0.1, 0.15) is 0 Å². The van der Waals surface area contributed by atoms with E-state index in [9.17, 15) is 8.42 Å². The number of sulfonamides is 1. The maximum atomic E-state index is 11.4. The van der Waals surface area contributed by atoms with Crippen LogP contribution in [0.1, 0.15) is 4.88 Å². The molecule has 16 heavy (non-hydrogen) atoms. The molecule has 0 radical (unpaired) electrons. The third-order valence-corrected chi connectivity index (χ3v) is 5.13. The van der Waals surface area contributed by atoms with Gasteiger partial charge in [0.05, 0.1) is 10.8 Å². The smallest absolute Gasteiger partial charge is 0.214 e. The average molecular weight is 283 g/mol. The fourth-order valence-corrected chi connectivity index (χ4v) is 2.85. The second kappa shape index (κ2) is 5.97. The minimum atomic E-state index is -3.10. The highest BCUT2D eigenvalue weighted by molar-refractivity contribution is 7.89. The van der Waals surface area contributed by atoms with Crippen molar-refractivity contribution in [3.63, 3.8) is 0 Å². The molecule has 0 aliphatic heterocycles. The molecule has 1 rings (SSSR count). The first-order chi connectivity index (χ1) is 7.42. The molecule has 0 fully saturated rings. The quantitative estimate of drug-likeness (QED) is 0.802. The first kappa shape index (κ1) is 13.9. The summed E-state index contributed by atoms with van der Waals surface area (Å²) in [7, 11) is -0.0271. The minimum Gasteiger partial charge on any atom is -0.311 e. The Kier molecular flexibility index (Phi) is 5.20. The Morgan fingerprint density at radius 2 is 2.19 bits per heavy atom. The number of nitrogens with one attached hydrogen (secondary N) is 1. The Morgan fingerprint density at radius 1 is 1.50 bits per heavy atom. The van der Waals surface area contributed by atoms with Gasteiger partial charge in [0, 0.05) is 37.4 Å². The van der Waals surface area contributed by atoms with E-state index in [1.54, 1.807) is 11.3 Å². The van der Waals surface area contributed by atoms with Crippen LogP contribution in [0.4, 0.5) is 0 Å². The Hall–Kier alpha value is -0.140. The van der Waals surface area contributed by atoms with Crippen molar-refractivity contribution in [2.24, 2.45) is 0 Å². The number of hydrogen-bond donors (Lipinski definition) is 1. The standard InChI is InChI=1S/C9H15ClN2O2S2/c1-12(2)16(13,14)4-3-11-6-9-5-8(10)7-15-9/h5,7,11H,3-4,6H2,1-2H3. The monoisotopic (exact) mass is 282 g/mol. The highest BCUT2D eigenvalue weighted by Crippen LogP contribution is 2.18. The number of nitrogens with zero attached hydrogens (tertiary/aromatic N) is 1. The van der Waals surface area contributed by atoms with E-state index in [0.717, 1.165) is 9.90 Å². The Morgan fingerprint density at radius 3 is 2.69 bits per heavy atom. The third-order valence-electron chi connectivity index (χ3n) is 2.01. The summed E-state index contributed by atoms with van der Waals surface area (Å²) in [5.74, 6) is 0.110. The maximum Gasteiger partial charge on any atom is 0.214 e. The van der Waals surface area contributed by atoms with Crippen molar-refractivity contribution in [1.29, 1.82) is 0 Å². The summed E-state index contributed by atoms with van der Waals surface area (Å²) in [5.41, 5.74) is 0. The molecule has 0 bridgehead atoms. The van der Waals surface area contributed by atoms with E-state index in [0.29, 0.717) is 13.1 Å². The molecule has 0 unspecified atom stereocenters. The van der Waals surface area contributed by atoms with E-state index >= 15 is 0 Å². The lowest BCUT2D eigenvalue weighted by molar-refractivity contribution is 0.517. The highest BCUT2D eigenvalue weighted by atomic mass is 35.5. The molecule has 0 aromatic carbocycles. The number of halogens is 1. The molecule has 0 aliphatic carbocycles. The van der Waals surface area contributed by atoms with Crippen molar-refractivity contribution < 1.29 is 8.42 Å². The Bertz CT molecular complexity index is 428. The molecule has 0 aliphatic rings. The summed E-state index contributed by atoms with van der Waals surface area (Å²) >= 11 is 7.33. The highest BCUT2D eigenvalue weighted by Gasteiger charge is 2.12. The second-order valence-electron chi connectivity index (χ2n) is 3.51. The lowest BCUT2D eigenvalue weighted by Crippen LogP contribution is -2.30. The van der Waals surface area contributed by atoms with Crippen LogP contribution in [0.5, 0.6) is 0 Å². The molecule has 0 saturated heterocycles. The molecule has 0 amide bonds. The van der Waals surface area contributed by atoms with Crippen LogP contribution in [0.25, 0.3) is 0 Å². The average Bonchev–Trinajstić information content (AvgIpc) is 2.59. The van der Waals surface area contributed by atoms with Crippen molar-refractivity contribution in [3.8, 4) is 0 Å². The van der Waals surface area contributed by atoms with Gasteiger partial charge in [-0.05, 0) is 6.07 Å². The number of thiophene rings is 1. The van der Waals surface area contributed by atoms with Crippen LogP contribution in [-0.2, 0) is 16.6 Å². The van der Waals surface area contributed by atoms with Crippen LogP contribution in [0.2, 0.25) is 5.02 Å². The zero-order valence-electron chi connectivity index (χ0n) is 9.23. The van der Waals surface area contributed by atoms with Crippen LogP contribution >= 0.6 is 22.9 Å². The summed E-state index contributed by atoms with van der Waals surface area (Å²) < 4.78 is 24.1. The summed E-state index contributed by atoms with van der Waals surface area (Å²) in [6, 6.07) is 1.87. The fourth-order valence-electron chi connectivity index (χ4n) is 1.04. The lowest BCUT2D eigenvalue weighted by Gasteiger charge is -2.11. The van der Waals surface area contributed by atoms with Gasteiger partial charge in [-0.25, -0.2) is 12.7 Å². The van der Waals surface area contributed by atoms with Gasteiger partial charge in [0.15, 0.2) is 0 Å². The van der Waals surface area contributed by atoms with Crippen molar-refractivity contribution in [2.75, 3.05) is 26.4 Å². The van der Waals surface area contributed by atoms with Crippen molar-refractivity contribution in [3.05, 3.63) is 21.3 Å². The fraction of sp³-hybridized carbons (Fsp3) is 0.556. The summed E-state index contributed by atoms with van der Waals surface area (Å²) in [6.45, 7) is 1.09. The van der Waals surface area contributed by atoms with Gasteiger partial charge in [-0.15, -0.1) is 11.3 Å². The van der Waals surface area contributed by atoms with Crippen molar-refractivity contribution in [1.82, 2.24) is 9.62 Å². The van der Waals surface area contributed by atoms with Crippen molar-refractivity contribution in [2.45, 2.75) is 6.54 Å². The molecule has 1 N–H and O–H groups in total. The maximum absolute atomic E-state index is 11.4. The Balaban J connectivity index is 2.27. The first-order valence-electron chi connectivity index (χ1n) is 4.75. The number of rotatable bonds is 6. The molecular formula is C9H15ClN2O2S2. The van der Waals surface area contributed by atoms with Gasteiger partial charge in [0.2, 0.25) is 10.0 Å². The Labute approximate surface area is 105 Å². The van der Waals surface area contributed by atoms with E-state index in [2.05, 4.69) is 5.32 Å². The van der Waals surface area contributed by atoms with Gasteiger partial charge < -0.3 is 5.32 Å². The molecule has 0 saturated carbocycles. The van der Waals surface area contributed by atoms with Crippen molar-refractivity contribution >= 4 is 33.0 Å². The molecule has 4 nitrogen and oxygen atoms in total. The van der Waals surface area contributed by atoms with Gasteiger partial charge in [-0.1, -0.05) is 11.6 Å². The largest absolute Gasteiger partial charge is 0.311 e. The third kappa shape index (κ3) is 4.39. The SMILES string of the molecule is CN(C)S(=O)(=O)CCNCc1cc(Cl)cs1. The van der Waals surface area contributed by atoms with E-state index in [-0.39, 0.29) is 5.75 Å². The van der Waals surface area contributed by atoms with Gasteiger partial charge in [-0.2, -0.15) is 0 Å². The summed E-state index contributed by atoms with van der Waals surface area (Å²) in [4.78, 5) is 1.10. The molecule has 92 valence electrons. The van der Waals surface area contributed by atoms with Crippen LogP contribution in [0, 0.1) is 0 Å². The molecule has 0 spiro atoms. The predicted molar refractivity (Wildman–Crippen MR) is 68.5 cm³/mol. The van der Waals surface area contributed by atoms with E-state index in [1.165, 1.54) is 18.4 Å². The molecule has 1 aromatic rings. The summed E-state index contributed by atoms with van der Waals surface area (Å²) in [5, 5.41) is 5.65. The number of hydrogen-bond acceptors (Lipinski definition) is 4. The van der Waals surface area contributed by atoms with Crippen LogP contribution < -0.4 is 5.32 Å². The van der Waals surface area contributed by atoms with Crippen LogP contribution in [0.15, 0.2) is 11.4 Å². The van der Waals surface area contributed by atoms with Gasteiger partial charge >= 0.3 is 0 Å². The normalized spacial score (nSPS) is 12.2. The molecule has 7 heteroatoms. The van der Waals surface area contributed by atoms with E-state index in [1.807, 2.05) is 11.4 Å². The zero-order chi connectivity index (χ0) is 12.2. The molecular weight excluding hydrogens is 268 g/mol. The summed E-state index contributed by atoms with van der Waals surface area (Å²) in [6.07, 6.45) is 0. The van der Waals surface area contributed by atoms with E-state index in [4.69, 9.17) is 11.6 Å². The lowest BCUT2D eigenvalue weighted by atomic mass is 10.4. The van der Waals surface area contributed by atoms with Gasteiger partial charge in [-0.3, -0.25) is 0 Å². The van der Waals surface area contributed by atoms with E-state index < -0.39 is 10.0 Å². The zero-order valence-corrected chi connectivity index (χ0v) is 11.6. The van der Waals surface area contributed by atoms with Crippen LogP contribution in [-0.4, -0.2) is 39.1 Å². The van der Waals surface area contributed by atoms with Gasteiger partial charge in [0.25, 0.3) is 0 Å². The molecule has 0 atom stereocenters. The van der Waals surface area contributed by atoms with Crippen LogP contribution in [0.3, 0.4) is 0 Å². The molecule has 1 heterocycles. The minimum absolute atomic E-state index is 0.110. The molecule has 1 aromatic heterocycles.